The number of carbonyl (C=O) groups is 1. The van der Waals surface area contributed by atoms with E-state index in [4.69, 9.17) is 5.73 Å². The number of thiazole rings is 1. The minimum atomic E-state index is 0. The number of aryl methyl sites for hydroxylation is 1. The van der Waals surface area contributed by atoms with E-state index in [1.807, 2.05) is 18.2 Å². The van der Waals surface area contributed by atoms with Gasteiger partial charge in [-0.25, -0.2) is 4.98 Å². The molecule has 114 valence electrons. The Balaban J connectivity index is 0.00000161. The minimum Gasteiger partial charge on any atom is -0.355 e. The van der Waals surface area contributed by atoms with Gasteiger partial charge in [0.25, 0.3) is 0 Å². The summed E-state index contributed by atoms with van der Waals surface area (Å²) in [5.74, 6) is 0.694. The minimum absolute atomic E-state index is 0. The van der Waals surface area contributed by atoms with Gasteiger partial charge in [-0.1, -0.05) is 12.1 Å². The molecule has 3 N–H and O–H groups in total. The molecule has 1 unspecified atom stereocenters. The Bertz CT molecular complexity index is 579. The molecule has 1 atom stereocenters. The average Bonchev–Trinajstić information content (AvgIpc) is 3.22. The Hall–Kier alpha value is -1.17. The second kappa shape index (κ2) is 7.20. The summed E-state index contributed by atoms with van der Waals surface area (Å²) in [5.41, 5.74) is 6.98. The molecule has 2 aromatic rings. The fraction of sp³-hybridized carbons (Fsp3) is 0.467. The van der Waals surface area contributed by atoms with Crippen molar-refractivity contribution in [2.24, 2.45) is 11.7 Å². The summed E-state index contributed by atoms with van der Waals surface area (Å²) < 4.78 is 1.18. The van der Waals surface area contributed by atoms with Crippen molar-refractivity contribution in [2.45, 2.75) is 31.7 Å². The van der Waals surface area contributed by atoms with Crippen LogP contribution in [0.15, 0.2) is 24.3 Å². The topological polar surface area (TPSA) is 68.0 Å². The van der Waals surface area contributed by atoms with Crippen LogP contribution < -0.4 is 11.1 Å². The number of aromatic nitrogens is 1. The van der Waals surface area contributed by atoms with Crippen LogP contribution in [-0.4, -0.2) is 23.5 Å². The maximum atomic E-state index is 11.8. The number of nitrogens with zero attached hydrogens (tertiary/aromatic N) is 1. The second-order valence-electron chi connectivity index (χ2n) is 5.38. The standard InChI is InChI=1S/C15H19N3OS.ClH/c16-11(10-5-6-10)9-17-14(19)7-8-15-18-12-3-1-2-4-13(12)20-15;/h1-4,10-11H,5-9,16H2,(H,17,19);1H. The van der Waals surface area contributed by atoms with Crippen molar-refractivity contribution in [1.29, 1.82) is 0 Å². The molecule has 0 bridgehead atoms. The molecule has 1 aromatic carbocycles. The van der Waals surface area contributed by atoms with Crippen molar-refractivity contribution in [3.05, 3.63) is 29.3 Å². The fourth-order valence-corrected chi connectivity index (χ4v) is 3.23. The SMILES string of the molecule is Cl.NC(CNC(=O)CCc1nc2ccccc2s1)C1CC1. The molecular formula is C15H20ClN3OS. The summed E-state index contributed by atoms with van der Waals surface area (Å²) in [6.45, 7) is 0.601. The second-order valence-corrected chi connectivity index (χ2v) is 6.50. The van der Waals surface area contributed by atoms with E-state index in [-0.39, 0.29) is 24.4 Å². The van der Waals surface area contributed by atoms with E-state index >= 15 is 0 Å². The Labute approximate surface area is 134 Å². The third kappa shape index (κ3) is 4.40. The zero-order chi connectivity index (χ0) is 13.9. The van der Waals surface area contributed by atoms with Gasteiger partial charge in [0.2, 0.25) is 5.91 Å². The molecular weight excluding hydrogens is 306 g/mol. The number of hydrogen-bond acceptors (Lipinski definition) is 4. The van der Waals surface area contributed by atoms with Crippen LogP contribution >= 0.6 is 23.7 Å². The number of nitrogens with one attached hydrogen (secondary N) is 1. The molecule has 6 heteroatoms. The summed E-state index contributed by atoms with van der Waals surface area (Å²) in [7, 11) is 0. The van der Waals surface area contributed by atoms with Gasteiger partial charge in [-0.05, 0) is 30.9 Å². The van der Waals surface area contributed by atoms with Crippen LogP contribution in [0.25, 0.3) is 10.2 Å². The average molecular weight is 326 g/mol. The normalized spacial score (nSPS) is 15.5. The Morgan fingerprint density at radius 1 is 1.43 bits per heavy atom. The highest BCUT2D eigenvalue weighted by Crippen LogP contribution is 2.31. The predicted molar refractivity (Wildman–Crippen MR) is 88.9 cm³/mol. The van der Waals surface area contributed by atoms with Gasteiger partial charge < -0.3 is 11.1 Å². The molecule has 1 aliphatic rings. The summed E-state index contributed by atoms with van der Waals surface area (Å²) in [5, 5.41) is 3.94. The van der Waals surface area contributed by atoms with Gasteiger partial charge >= 0.3 is 0 Å². The lowest BCUT2D eigenvalue weighted by Crippen LogP contribution is -2.38. The fourth-order valence-electron chi connectivity index (χ4n) is 2.26. The molecule has 1 aliphatic carbocycles. The Morgan fingerprint density at radius 2 is 2.19 bits per heavy atom. The lowest BCUT2D eigenvalue weighted by Gasteiger charge is -2.11. The smallest absolute Gasteiger partial charge is 0.220 e. The van der Waals surface area contributed by atoms with Crippen molar-refractivity contribution < 1.29 is 4.79 Å². The van der Waals surface area contributed by atoms with Crippen LogP contribution in [0.2, 0.25) is 0 Å². The van der Waals surface area contributed by atoms with Crippen LogP contribution in [0.5, 0.6) is 0 Å². The lowest BCUT2D eigenvalue weighted by atomic mass is 10.2. The monoisotopic (exact) mass is 325 g/mol. The summed E-state index contributed by atoms with van der Waals surface area (Å²) in [6, 6.07) is 8.19. The van der Waals surface area contributed by atoms with Crippen LogP contribution in [0, 0.1) is 5.92 Å². The first-order chi connectivity index (χ1) is 9.72. The number of halogens is 1. The number of hydrogen-bond donors (Lipinski definition) is 2. The van der Waals surface area contributed by atoms with Gasteiger partial charge in [-0.3, -0.25) is 4.79 Å². The third-order valence-electron chi connectivity index (χ3n) is 3.67. The maximum absolute atomic E-state index is 11.8. The molecule has 0 spiro atoms. The zero-order valence-corrected chi connectivity index (χ0v) is 13.4. The molecule has 21 heavy (non-hydrogen) atoms. The quantitative estimate of drug-likeness (QED) is 0.857. The number of rotatable bonds is 6. The Morgan fingerprint density at radius 3 is 2.90 bits per heavy atom. The van der Waals surface area contributed by atoms with Gasteiger partial charge in [-0.2, -0.15) is 0 Å². The maximum Gasteiger partial charge on any atom is 0.220 e. The molecule has 1 heterocycles. The number of amides is 1. The zero-order valence-electron chi connectivity index (χ0n) is 11.7. The van der Waals surface area contributed by atoms with Gasteiger partial charge in [0, 0.05) is 25.4 Å². The molecule has 4 nitrogen and oxygen atoms in total. The highest BCUT2D eigenvalue weighted by Gasteiger charge is 2.28. The number of fused-ring (bicyclic) bond motifs is 1. The van der Waals surface area contributed by atoms with Crippen LogP contribution in [0.3, 0.4) is 0 Å². The van der Waals surface area contributed by atoms with E-state index in [2.05, 4.69) is 16.4 Å². The molecule has 1 amide bonds. The van der Waals surface area contributed by atoms with Gasteiger partial charge in [-0.15, -0.1) is 23.7 Å². The predicted octanol–water partition coefficient (Wildman–Crippen LogP) is 2.50. The van der Waals surface area contributed by atoms with Gasteiger partial charge in [0.1, 0.15) is 0 Å². The molecule has 0 aliphatic heterocycles. The van der Waals surface area contributed by atoms with Gasteiger partial charge in [0.05, 0.1) is 15.2 Å². The summed E-state index contributed by atoms with van der Waals surface area (Å²) in [6.07, 6.45) is 3.60. The van der Waals surface area contributed by atoms with E-state index in [0.717, 1.165) is 10.5 Å². The van der Waals surface area contributed by atoms with Crippen molar-refractivity contribution in [3.8, 4) is 0 Å². The first-order valence-electron chi connectivity index (χ1n) is 7.09. The van der Waals surface area contributed by atoms with Crippen molar-refractivity contribution in [2.75, 3.05) is 6.54 Å². The van der Waals surface area contributed by atoms with Crippen molar-refractivity contribution in [1.82, 2.24) is 10.3 Å². The highest BCUT2D eigenvalue weighted by atomic mass is 35.5. The van der Waals surface area contributed by atoms with E-state index in [9.17, 15) is 4.79 Å². The van der Waals surface area contributed by atoms with E-state index in [1.54, 1.807) is 11.3 Å². The van der Waals surface area contributed by atoms with Crippen LogP contribution in [0.1, 0.15) is 24.3 Å². The van der Waals surface area contributed by atoms with Crippen LogP contribution in [-0.2, 0) is 11.2 Å². The highest BCUT2D eigenvalue weighted by molar-refractivity contribution is 7.18. The largest absolute Gasteiger partial charge is 0.355 e. The van der Waals surface area contributed by atoms with Crippen LogP contribution in [0.4, 0.5) is 0 Å². The summed E-state index contributed by atoms with van der Waals surface area (Å²) in [4.78, 5) is 16.3. The molecule has 0 radical (unpaired) electrons. The summed E-state index contributed by atoms with van der Waals surface area (Å²) >= 11 is 1.66. The van der Waals surface area contributed by atoms with Crippen molar-refractivity contribution >= 4 is 39.9 Å². The number of benzene rings is 1. The van der Waals surface area contributed by atoms with E-state index < -0.39 is 0 Å². The molecule has 1 aromatic heterocycles. The van der Waals surface area contributed by atoms with Gasteiger partial charge in [0.15, 0.2) is 0 Å². The number of para-hydroxylation sites is 1. The Kier molecular flexibility index (Phi) is 5.56. The van der Waals surface area contributed by atoms with E-state index in [0.29, 0.717) is 25.3 Å². The molecule has 0 saturated heterocycles. The lowest BCUT2D eigenvalue weighted by molar-refractivity contribution is -0.121. The number of carbonyl (C=O) groups excluding carboxylic acids is 1. The molecule has 1 saturated carbocycles. The molecule has 3 rings (SSSR count). The van der Waals surface area contributed by atoms with E-state index in [1.165, 1.54) is 17.5 Å². The first kappa shape index (κ1) is 16.2. The first-order valence-corrected chi connectivity index (χ1v) is 7.91. The third-order valence-corrected chi connectivity index (χ3v) is 4.76. The molecule has 1 fully saturated rings. The number of nitrogens with two attached hydrogens (primary N) is 1. The van der Waals surface area contributed by atoms with Crippen molar-refractivity contribution in [3.63, 3.8) is 0 Å².